The number of hydrogen-bond acceptors (Lipinski definition) is 9. The number of Topliss-reactive ketones (excluding diaryl/α,β-unsaturated/α-hetero) is 1. The van der Waals surface area contributed by atoms with Gasteiger partial charge in [-0.15, -0.1) is 0 Å². The van der Waals surface area contributed by atoms with Gasteiger partial charge in [-0.25, -0.2) is 4.79 Å². The number of thiol groups is 1. The summed E-state index contributed by atoms with van der Waals surface area (Å²) >= 11 is 4.92. The van der Waals surface area contributed by atoms with Gasteiger partial charge in [-0.1, -0.05) is 0 Å². The maximum absolute atomic E-state index is 12.3. The van der Waals surface area contributed by atoms with Crippen molar-refractivity contribution in [3.8, 4) is 0 Å². The summed E-state index contributed by atoms with van der Waals surface area (Å²) < 4.78 is 13.6. The van der Waals surface area contributed by atoms with Gasteiger partial charge in [-0.05, 0) is 46.4 Å². The lowest BCUT2D eigenvalue weighted by Crippen LogP contribution is -2.34. The fourth-order valence-electron chi connectivity index (χ4n) is 1.44. The summed E-state index contributed by atoms with van der Waals surface area (Å²) in [6, 6.07) is 0. The lowest BCUT2D eigenvalue weighted by Gasteiger charge is -2.25. The number of thioether (sulfide) groups is 1. The van der Waals surface area contributed by atoms with Crippen molar-refractivity contribution in [2.24, 2.45) is 5.92 Å². The van der Waals surface area contributed by atoms with E-state index in [4.69, 9.17) is 4.74 Å². The van der Waals surface area contributed by atoms with Crippen molar-refractivity contribution in [2.75, 3.05) is 12.5 Å². The maximum atomic E-state index is 12.3. The van der Waals surface area contributed by atoms with Crippen LogP contribution in [0.4, 0.5) is 4.79 Å². The zero-order valence-corrected chi connectivity index (χ0v) is 17.1. The second-order valence-corrected chi connectivity index (χ2v) is 8.95. The SMILES string of the molecule is CC(=O)OCOC(=O)SC[C@H](CC(=O)C(C)(C)S)C(=O)OC(C)(C)C. The molecule has 0 rings (SSSR count). The highest BCUT2D eigenvalue weighted by molar-refractivity contribution is 8.13. The number of esters is 2. The first kappa shape index (κ1) is 23.8. The Kier molecular flexibility index (Phi) is 9.57. The summed E-state index contributed by atoms with van der Waals surface area (Å²) in [4.78, 5) is 46.7. The molecule has 1 atom stereocenters. The summed E-state index contributed by atoms with van der Waals surface area (Å²) in [7, 11) is 0. The number of rotatable bonds is 8. The van der Waals surface area contributed by atoms with Crippen molar-refractivity contribution in [1.82, 2.24) is 0 Å². The molecule has 0 saturated heterocycles. The number of carbonyl (C=O) groups excluding carboxylic acids is 4. The monoisotopic (exact) mass is 394 g/mol. The molecule has 0 aromatic carbocycles. The maximum Gasteiger partial charge on any atom is 0.370 e. The zero-order chi connectivity index (χ0) is 19.8. The molecule has 7 nitrogen and oxygen atoms in total. The molecule has 0 N–H and O–H groups in total. The summed E-state index contributed by atoms with van der Waals surface area (Å²) in [5, 5.41) is -0.715. The number of ketones is 1. The number of ether oxygens (including phenoxy) is 3. The average molecular weight is 395 g/mol. The van der Waals surface area contributed by atoms with Crippen LogP contribution in [0.5, 0.6) is 0 Å². The van der Waals surface area contributed by atoms with E-state index in [9.17, 15) is 19.2 Å². The molecule has 0 bridgehead atoms. The standard InChI is InChI=1S/C16H26O7S2/c1-10(17)21-9-22-14(20)25-8-11(7-12(18)16(5,6)24)13(19)23-15(2,3)4/h11,24H,7-9H2,1-6H3/t11-/m0/s1. The summed E-state index contributed by atoms with van der Waals surface area (Å²) in [6.07, 6.45) is -0.102. The largest absolute Gasteiger partial charge is 0.460 e. The smallest absolute Gasteiger partial charge is 0.370 e. The van der Waals surface area contributed by atoms with Gasteiger partial charge in [0.15, 0.2) is 0 Å². The first-order valence-corrected chi connectivity index (χ1v) is 9.07. The molecular formula is C16H26O7S2. The van der Waals surface area contributed by atoms with E-state index in [1.54, 1.807) is 34.6 Å². The van der Waals surface area contributed by atoms with E-state index in [1.807, 2.05) is 0 Å². The molecule has 0 unspecified atom stereocenters. The summed E-state index contributed by atoms with van der Waals surface area (Å²) in [5.74, 6) is -2.20. The Morgan fingerprint density at radius 2 is 1.60 bits per heavy atom. The van der Waals surface area contributed by atoms with Gasteiger partial charge in [-0.3, -0.25) is 14.4 Å². The highest BCUT2D eigenvalue weighted by Crippen LogP contribution is 2.24. The Balaban J connectivity index is 4.78. The van der Waals surface area contributed by atoms with Crippen LogP contribution in [0.3, 0.4) is 0 Å². The third-order valence-electron chi connectivity index (χ3n) is 2.70. The highest BCUT2D eigenvalue weighted by Gasteiger charge is 2.32. The Hall–Kier alpha value is -1.22. The van der Waals surface area contributed by atoms with E-state index < -0.39 is 40.3 Å². The minimum atomic E-state index is -0.902. The van der Waals surface area contributed by atoms with Crippen molar-refractivity contribution >= 4 is 47.4 Å². The van der Waals surface area contributed by atoms with Gasteiger partial charge >= 0.3 is 17.2 Å². The predicted molar refractivity (Wildman–Crippen MR) is 97.6 cm³/mol. The molecule has 0 aliphatic heterocycles. The van der Waals surface area contributed by atoms with E-state index in [0.29, 0.717) is 11.8 Å². The van der Waals surface area contributed by atoms with E-state index >= 15 is 0 Å². The van der Waals surface area contributed by atoms with Crippen molar-refractivity contribution in [3.05, 3.63) is 0 Å². The predicted octanol–water partition coefficient (Wildman–Crippen LogP) is 3.00. The van der Waals surface area contributed by atoms with Gasteiger partial charge in [0.05, 0.1) is 10.7 Å². The van der Waals surface area contributed by atoms with E-state index in [-0.39, 0.29) is 18.0 Å². The summed E-state index contributed by atoms with van der Waals surface area (Å²) in [6.45, 7) is 9.09. The normalized spacial score (nSPS) is 12.9. The molecule has 0 saturated carbocycles. The van der Waals surface area contributed by atoms with Gasteiger partial charge < -0.3 is 14.2 Å². The number of hydrogen-bond donors (Lipinski definition) is 1. The Morgan fingerprint density at radius 3 is 2.04 bits per heavy atom. The molecule has 0 radical (unpaired) electrons. The Bertz CT molecular complexity index is 504. The third kappa shape index (κ3) is 11.9. The van der Waals surface area contributed by atoms with Crippen molar-refractivity contribution in [3.63, 3.8) is 0 Å². The van der Waals surface area contributed by atoms with Crippen LogP contribution in [-0.4, -0.2) is 45.9 Å². The van der Waals surface area contributed by atoms with Crippen molar-refractivity contribution < 1.29 is 33.4 Å². The molecule has 0 aliphatic carbocycles. The van der Waals surface area contributed by atoms with Crippen LogP contribution in [0.2, 0.25) is 0 Å². The van der Waals surface area contributed by atoms with Crippen LogP contribution >= 0.6 is 24.4 Å². The minimum absolute atomic E-state index is 0.00339. The first-order valence-electron chi connectivity index (χ1n) is 7.64. The van der Waals surface area contributed by atoms with Crippen molar-refractivity contribution in [1.29, 1.82) is 0 Å². The van der Waals surface area contributed by atoms with Crippen LogP contribution in [0.15, 0.2) is 0 Å². The Morgan fingerprint density at radius 1 is 1.04 bits per heavy atom. The van der Waals surface area contributed by atoms with Crippen LogP contribution in [-0.2, 0) is 28.6 Å². The highest BCUT2D eigenvalue weighted by atomic mass is 32.2. The quantitative estimate of drug-likeness (QED) is 0.381. The molecule has 144 valence electrons. The van der Waals surface area contributed by atoms with E-state index in [0.717, 1.165) is 0 Å². The lowest BCUT2D eigenvalue weighted by molar-refractivity contribution is -0.160. The van der Waals surface area contributed by atoms with Crippen LogP contribution < -0.4 is 0 Å². The van der Waals surface area contributed by atoms with Crippen LogP contribution in [0.25, 0.3) is 0 Å². The fourth-order valence-corrected chi connectivity index (χ4v) is 2.25. The third-order valence-corrected chi connectivity index (χ3v) is 3.87. The number of carbonyl (C=O) groups is 4. The van der Waals surface area contributed by atoms with Gasteiger partial charge in [0, 0.05) is 19.1 Å². The van der Waals surface area contributed by atoms with E-state index in [1.165, 1.54) is 6.92 Å². The second-order valence-electron chi connectivity index (χ2n) is 6.88. The molecule has 0 aromatic rings. The topological polar surface area (TPSA) is 96.0 Å². The summed E-state index contributed by atoms with van der Waals surface area (Å²) in [5.41, 5.74) is -0.713. The molecule has 9 heteroatoms. The molecule has 0 heterocycles. The molecule has 0 aromatic heterocycles. The molecular weight excluding hydrogens is 368 g/mol. The first-order chi connectivity index (χ1) is 11.2. The average Bonchev–Trinajstić information content (AvgIpc) is 2.39. The van der Waals surface area contributed by atoms with Gasteiger partial charge in [0.2, 0.25) is 6.79 Å². The van der Waals surface area contributed by atoms with Crippen LogP contribution in [0, 0.1) is 5.92 Å². The molecule has 0 aliphatic rings. The molecule has 0 amide bonds. The molecule has 0 fully saturated rings. The van der Waals surface area contributed by atoms with Gasteiger partial charge in [0.25, 0.3) is 0 Å². The fraction of sp³-hybridized carbons (Fsp3) is 0.750. The second kappa shape index (κ2) is 10.1. The minimum Gasteiger partial charge on any atom is -0.460 e. The van der Waals surface area contributed by atoms with Gasteiger partial charge in [0.1, 0.15) is 11.4 Å². The van der Waals surface area contributed by atoms with Crippen molar-refractivity contribution in [2.45, 2.75) is 58.3 Å². The van der Waals surface area contributed by atoms with Gasteiger partial charge in [-0.2, -0.15) is 12.6 Å². The van der Waals surface area contributed by atoms with E-state index in [2.05, 4.69) is 22.1 Å². The Labute approximate surface area is 157 Å². The lowest BCUT2D eigenvalue weighted by atomic mass is 9.97. The van der Waals surface area contributed by atoms with Crippen LogP contribution in [0.1, 0.15) is 48.0 Å². The zero-order valence-electron chi connectivity index (χ0n) is 15.4. The molecule has 25 heavy (non-hydrogen) atoms. The molecule has 0 spiro atoms.